The molecule has 0 aliphatic heterocycles. The topological polar surface area (TPSA) is 39.4 Å². The van der Waals surface area contributed by atoms with Crippen LogP contribution in [0.25, 0.3) is 11.0 Å². The first-order valence-corrected chi connectivity index (χ1v) is 6.09. The summed E-state index contributed by atoms with van der Waals surface area (Å²) in [7, 11) is 0. The van der Waals surface area contributed by atoms with Crippen molar-refractivity contribution in [2.24, 2.45) is 0 Å². The van der Waals surface area contributed by atoms with Crippen molar-refractivity contribution in [2.75, 3.05) is 6.61 Å². The van der Waals surface area contributed by atoms with E-state index >= 15 is 0 Å². The predicted molar refractivity (Wildman–Crippen MR) is 64.9 cm³/mol. The third kappa shape index (κ3) is 2.75. The standard InChI is InChI=1S/C12H8BrF3O3/c1-2-18-11(17)9-4-6-3-7(13)5-8(10(6)19-9)12(14,15)16/h3-5H,2H2,1H3. The first-order valence-electron chi connectivity index (χ1n) is 5.30. The van der Waals surface area contributed by atoms with Crippen molar-refractivity contribution >= 4 is 32.9 Å². The smallest absolute Gasteiger partial charge is 0.420 e. The molecule has 0 saturated carbocycles. The highest BCUT2D eigenvalue weighted by molar-refractivity contribution is 9.10. The second kappa shape index (κ2) is 4.88. The van der Waals surface area contributed by atoms with Gasteiger partial charge in [0.05, 0.1) is 12.2 Å². The van der Waals surface area contributed by atoms with E-state index in [-0.39, 0.29) is 27.8 Å². The van der Waals surface area contributed by atoms with Crippen LogP contribution in [0.3, 0.4) is 0 Å². The Bertz CT molecular complexity index is 631. The second-order valence-corrected chi connectivity index (χ2v) is 4.62. The van der Waals surface area contributed by atoms with Gasteiger partial charge in [-0.05, 0) is 25.1 Å². The van der Waals surface area contributed by atoms with Crippen LogP contribution in [0, 0.1) is 0 Å². The molecule has 19 heavy (non-hydrogen) atoms. The van der Waals surface area contributed by atoms with Crippen molar-refractivity contribution in [3.63, 3.8) is 0 Å². The van der Waals surface area contributed by atoms with Gasteiger partial charge in [-0.3, -0.25) is 0 Å². The Hall–Kier alpha value is -1.50. The Balaban J connectivity index is 2.62. The molecule has 0 radical (unpaired) electrons. The Morgan fingerprint density at radius 3 is 2.63 bits per heavy atom. The molecule has 0 aliphatic carbocycles. The molecule has 2 rings (SSSR count). The molecule has 0 aliphatic rings. The van der Waals surface area contributed by atoms with Crippen LogP contribution >= 0.6 is 15.9 Å². The summed E-state index contributed by atoms with van der Waals surface area (Å²) in [6.45, 7) is 1.71. The Kier molecular flexibility index (Phi) is 3.58. The summed E-state index contributed by atoms with van der Waals surface area (Å²) in [5.74, 6) is -1.04. The lowest BCUT2D eigenvalue weighted by Gasteiger charge is -2.07. The van der Waals surface area contributed by atoms with Crippen molar-refractivity contribution in [2.45, 2.75) is 13.1 Å². The van der Waals surface area contributed by atoms with Crippen LogP contribution in [-0.4, -0.2) is 12.6 Å². The number of hydrogen-bond acceptors (Lipinski definition) is 3. The van der Waals surface area contributed by atoms with E-state index in [2.05, 4.69) is 20.7 Å². The van der Waals surface area contributed by atoms with Crippen molar-refractivity contribution in [3.8, 4) is 0 Å². The monoisotopic (exact) mass is 336 g/mol. The maximum absolute atomic E-state index is 12.9. The SMILES string of the molecule is CCOC(=O)c1cc2cc(Br)cc(C(F)(F)F)c2o1. The van der Waals surface area contributed by atoms with Crippen molar-refractivity contribution in [1.82, 2.24) is 0 Å². The van der Waals surface area contributed by atoms with E-state index in [0.29, 0.717) is 0 Å². The number of alkyl halides is 3. The number of carbonyl (C=O) groups is 1. The van der Waals surface area contributed by atoms with Gasteiger partial charge in [0.25, 0.3) is 0 Å². The molecule has 1 heterocycles. The van der Waals surface area contributed by atoms with E-state index in [4.69, 9.17) is 4.42 Å². The summed E-state index contributed by atoms with van der Waals surface area (Å²) in [4.78, 5) is 11.5. The van der Waals surface area contributed by atoms with Crippen LogP contribution in [0.15, 0.2) is 27.1 Å². The third-order valence-electron chi connectivity index (χ3n) is 2.36. The number of esters is 1. The largest absolute Gasteiger partial charge is 0.460 e. The van der Waals surface area contributed by atoms with Gasteiger partial charge in [-0.25, -0.2) is 4.79 Å². The minimum Gasteiger partial charge on any atom is -0.460 e. The molecular weight excluding hydrogens is 329 g/mol. The van der Waals surface area contributed by atoms with Crippen LogP contribution in [-0.2, 0) is 10.9 Å². The fourth-order valence-electron chi connectivity index (χ4n) is 1.63. The zero-order chi connectivity index (χ0) is 14.2. The van der Waals surface area contributed by atoms with E-state index < -0.39 is 17.7 Å². The number of benzene rings is 1. The normalized spacial score (nSPS) is 11.8. The number of rotatable bonds is 2. The summed E-state index contributed by atoms with van der Waals surface area (Å²) in [6, 6.07) is 3.57. The summed E-state index contributed by atoms with van der Waals surface area (Å²) in [5.41, 5.74) is -1.31. The van der Waals surface area contributed by atoms with Gasteiger partial charge in [0.2, 0.25) is 5.76 Å². The highest BCUT2D eigenvalue weighted by Gasteiger charge is 2.35. The average Bonchev–Trinajstić information content (AvgIpc) is 2.70. The lowest BCUT2D eigenvalue weighted by atomic mass is 10.1. The molecule has 3 nitrogen and oxygen atoms in total. The zero-order valence-electron chi connectivity index (χ0n) is 9.68. The van der Waals surface area contributed by atoms with E-state index in [0.717, 1.165) is 6.07 Å². The van der Waals surface area contributed by atoms with Gasteiger partial charge >= 0.3 is 12.1 Å². The first-order chi connectivity index (χ1) is 8.82. The fourth-order valence-corrected chi connectivity index (χ4v) is 2.11. The lowest BCUT2D eigenvalue weighted by Crippen LogP contribution is -2.05. The van der Waals surface area contributed by atoms with E-state index in [1.54, 1.807) is 6.92 Å². The Morgan fingerprint density at radius 2 is 2.05 bits per heavy atom. The van der Waals surface area contributed by atoms with Gasteiger partial charge in [-0.2, -0.15) is 13.2 Å². The van der Waals surface area contributed by atoms with E-state index in [1.165, 1.54) is 12.1 Å². The van der Waals surface area contributed by atoms with Gasteiger partial charge in [-0.15, -0.1) is 0 Å². The maximum atomic E-state index is 12.9. The lowest BCUT2D eigenvalue weighted by molar-refractivity contribution is -0.136. The van der Waals surface area contributed by atoms with Gasteiger partial charge in [0.1, 0.15) is 5.58 Å². The summed E-state index contributed by atoms with van der Waals surface area (Å²) in [5, 5.41) is 0.185. The van der Waals surface area contributed by atoms with Crippen molar-refractivity contribution in [1.29, 1.82) is 0 Å². The van der Waals surface area contributed by atoms with E-state index in [1.807, 2.05) is 0 Å². The first kappa shape index (κ1) is 13.9. The zero-order valence-corrected chi connectivity index (χ0v) is 11.3. The molecule has 0 unspecified atom stereocenters. The second-order valence-electron chi connectivity index (χ2n) is 3.70. The molecule has 0 amide bonds. The maximum Gasteiger partial charge on any atom is 0.420 e. The van der Waals surface area contributed by atoms with Gasteiger partial charge in [0, 0.05) is 9.86 Å². The minimum absolute atomic E-state index is 0.117. The predicted octanol–water partition coefficient (Wildman–Crippen LogP) is 4.39. The summed E-state index contributed by atoms with van der Waals surface area (Å²) >= 11 is 2.99. The summed E-state index contributed by atoms with van der Waals surface area (Å²) < 4.78 is 48.5. The molecule has 7 heteroatoms. The number of ether oxygens (including phenoxy) is 1. The van der Waals surface area contributed by atoms with Crippen LogP contribution in [0.2, 0.25) is 0 Å². The third-order valence-corrected chi connectivity index (χ3v) is 2.82. The molecular formula is C12H8BrF3O3. The molecule has 0 atom stereocenters. The molecule has 0 saturated heterocycles. The molecule has 1 aromatic heterocycles. The fraction of sp³-hybridized carbons (Fsp3) is 0.250. The van der Waals surface area contributed by atoms with Gasteiger partial charge < -0.3 is 9.15 Å². The van der Waals surface area contributed by atoms with Crippen molar-refractivity contribution in [3.05, 3.63) is 34.0 Å². The number of fused-ring (bicyclic) bond motifs is 1. The number of hydrogen-bond donors (Lipinski definition) is 0. The minimum atomic E-state index is -4.56. The highest BCUT2D eigenvalue weighted by atomic mass is 79.9. The quantitative estimate of drug-likeness (QED) is 0.763. The van der Waals surface area contributed by atoms with Crippen LogP contribution in [0.5, 0.6) is 0 Å². The number of halogens is 4. The molecule has 0 spiro atoms. The van der Waals surface area contributed by atoms with E-state index in [9.17, 15) is 18.0 Å². The Morgan fingerprint density at radius 1 is 1.37 bits per heavy atom. The average molecular weight is 337 g/mol. The Labute approximate surface area is 114 Å². The molecule has 102 valence electrons. The van der Waals surface area contributed by atoms with Crippen molar-refractivity contribution < 1.29 is 27.1 Å². The molecule has 0 bridgehead atoms. The van der Waals surface area contributed by atoms with Gasteiger partial charge in [-0.1, -0.05) is 15.9 Å². The highest BCUT2D eigenvalue weighted by Crippen LogP contribution is 2.38. The molecule has 1 aromatic carbocycles. The van der Waals surface area contributed by atoms with Crippen LogP contribution in [0.1, 0.15) is 23.0 Å². The van der Waals surface area contributed by atoms with Crippen LogP contribution in [0.4, 0.5) is 13.2 Å². The molecule has 0 N–H and O–H groups in total. The number of furan rings is 1. The van der Waals surface area contributed by atoms with Gasteiger partial charge in [0.15, 0.2) is 0 Å². The van der Waals surface area contributed by atoms with Crippen LogP contribution < -0.4 is 0 Å². The molecule has 2 aromatic rings. The molecule has 0 fully saturated rings. The summed E-state index contributed by atoms with van der Waals surface area (Å²) in [6.07, 6.45) is -4.56. The number of carbonyl (C=O) groups excluding carboxylic acids is 1.